The lowest BCUT2D eigenvalue weighted by Gasteiger charge is -2.09. The number of hydrogen-bond acceptors (Lipinski definition) is 2. The van der Waals surface area contributed by atoms with Crippen molar-refractivity contribution in [1.82, 2.24) is 0 Å². The number of halogens is 2. The number of anilines is 1. The van der Waals surface area contributed by atoms with Gasteiger partial charge in [0.1, 0.15) is 0 Å². The van der Waals surface area contributed by atoms with Crippen molar-refractivity contribution in [2.45, 2.75) is 6.92 Å². The minimum atomic E-state index is -0.125. The van der Waals surface area contributed by atoms with E-state index in [9.17, 15) is 4.79 Å². The third-order valence-electron chi connectivity index (χ3n) is 2.29. The van der Waals surface area contributed by atoms with Crippen molar-refractivity contribution < 1.29 is 4.79 Å². The molecule has 1 N–H and O–H groups in total. The maximum absolute atomic E-state index is 12.0. The van der Waals surface area contributed by atoms with Gasteiger partial charge in [-0.05, 0) is 47.2 Å². The van der Waals surface area contributed by atoms with E-state index in [-0.39, 0.29) is 5.91 Å². The quantitative estimate of drug-likeness (QED) is 0.763. The summed E-state index contributed by atoms with van der Waals surface area (Å²) in [4.78, 5) is 12.0. The highest BCUT2D eigenvalue weighted by Gasteiger charge is 2.11. The first-order valence-corrected chi connectivity index (χ1v) is 7.22. The average molecular weight is 378 g/mol. The Labute approximate surface area is 122 Å². The van der Waals surface area contributed by atoms with Gasteiger partial charge in [-0.1, -0.05) is 23.7 Å². The van der Waals surface area contributed by atoms with Gasteiger partial charge < -0.3 is 5.32 Å². The lowest BCUT2D eigenvalue weighted by molar-refractivity contribution is 0.102. The van der Waals surface area contributed by atoms with E-state index in [0.29, 0.717) is 16.3 Å². The highest BCUT2D eigenvalue weighted by Crippen LogP contribution is 2.26. The predicted molar refractivity (Wildman–Crippen MR) is 81.2 cm³/mol. The van der Waals surface area contributed by atoms with Crippen molar-refractivity contribution in [3.63, 3.8) is 0 Å². The number of para-hydroxylation sites is 1. The number of hydrogen-bond donors (Lipinski definition) is 1. The third kappa shape index (κ3) is 3.00. The summed E-state index contributed by atoms with van der Waals surface area (Å²) in [5.74, 6) is -0.125. The largest absolute Gasteiger partial charge is 0.320 e. The van der Waals surface area contributed by atoms with Crippen LogP contribution in [0.15, 0.2) is 29.6 Å². The summed E-state index contributed by atoms with van der Waals surface area (Å²) in [5.41, 5.74) is 2.30. The van der Waals surface area contributed by atoms with Gasteiger partial charge in [0.2, 0.25) is 0 Å². The summed E-state index contributed by atoms with van der Waals surface area (Å²) in [6.07, 6.45) is 0. The highest BCUT2D eigenvalue weighted by molar-refractivity contribution is 14.1. The molecule has 0 saturated heterocycles. The lowest BCUT2D eigenvalue weighted by atomic mass is 10.2. The van der Waals surface area contributed by atoms with Crippen molar-refractivity contribution >= 4 is 57.1 Å². The van der Waals surface area contributed by atoms with Crippen molar-refractivity contribution in [2.24, 2.45) is 0 Å². The zero-order chi connectivity index (χ0) is 12.4. The zero-order valence-corrected chi connectivity index (χ0v) is 12.7. The topological polar surface area (TPSA) is 29.1 Å². The van der Waals surface area contributed by atoms with E-state index in [1.165, 1.54) is 0 Å². The number of rotatable bonds is 2. The van der Waals surface area contributed by atoms with Crippen molar-refractivity contribution in [3.8, 4) is 0 Å². The Morgan fingerprint density at radius 1 is 1.47 bits per heavy atom. The van der Waals surface area contributed by atoms with Crippen molar-refractivity contribution in [2.75, 3.05) is 5.32 Å². The number of carbonyl (C=O) groups excluding carboxylic acids is 1. The Bertz CT molecular complexity index is 547. The van der Waals surface area contributed by atoms with Gasteiger partial charge in [0.25, 0.3) is 5.91 Å². The molecule has 1 amide bonds. The van der Waals surface area contributed by atoms with Crippen LogP contribution < -0.4 is 5.32 Å². The molecular weight excluding hydrogens is 369 g/mol. The maximum Gasteiger partial charge on any atom is 0.256 e. The average Bonchev–Trinajstić information content (AvgIpc) is 2.70. The summed E-state index contributed by atoms with van der Waals surface area (Å²) in [5, 5.41) is 5.24. The molecule has 1 aromatic heterocycles. The second-order valence-electron chi connectivity index (χ2n) is 3.53. The smallest absolute Gasteiger partial charge is 0.256 e. The standard InChI is InChI=1S/C12H9ClINOS/c1-7-3-2-4-9(13)11(7)15-12(16)8-5-10(14)17-6-8/h2-6H,1H3,(H,15,16). The van der Waals surface area contributed by atoms with E-state index < -0.39 is 0 Å². The fourth-order valence-corrected chi connectivity index (χ4v) is 3.00. The monoisotopic (exact) mass is 377 g/mol. The molecular formula is C12H9ClINOS. The van der Waals surface area contributed by atoms with E-state index in [2.05, 4.69) is 27.9 Å². The Hall–Kier alpha value is -0.590. The SMILES string of the molecule is Cc1cccc(Cl)c1NC(=O)c1csc(I)c1. The van der Waals surface area contributed by atoms with Gasteiger partial charge in [0.15, 0.2) is 0 Å². The molecule has 1 aromatic carbocycles. The van der Waals surface area contributed by atoms with Gasteiger partial charge >= 0.3 is 0 Å². The molecule has 0 unspecified atom stereocenters. The molecule has 0 aliphatic rings. The van der Waals surface area contributed by atoms with Crippen LogP contribution in [0.25, 0.3) is 0 Å². The summed E-state index contributed by atoms with van der Waals surface area (Å²) in [7, 11) is 0. The number of thiophene rings is 1. The van der Waals surface area contributed by atoms with Gasteiger partial charge in [0.05, 0.1) is 19.2 Å². The Morgan fingerprint density at radius 2 is 2.24 bits per heavy atom. The molecule has 2 rings (SSSR count). The Balaban J connectivity index is 2.24. The van der Waals surface area contributed by atoms with Crippen LogP contribution in [0.3, 0.4) is 0 Å². The van der Waals surface area contributed by atoms with E-state index in [1.54, 1.807) is 17.4 Å². The molecule has 0 bridgehead atoms. The number of benzene rings is 1. The minimum Gasteiger partial charge on any atom is -0.320 e. The molecule has 0 atom stereocenters. The molecule has 0 fully saturated rings. The molecule has 88 valence electrons. The summed E-state index contributed by atoms with van der Waals surface area (Å²) < 4.78 is 1.09. The fraction of sp³-hybridized carbons (Fsp3) is 0.0833. The fourth-order valence-electron chi connectivity index (χ4n) is 1.41. The maximum atomic E-state index is 12.0. The number of aryl methyl sites for hydroxylation is 1. The van der Waals surface area contributed by atoms with Gasteiger partial charge in [-0.25, -0.2) is 0 Å². The molecule has 0 radical (unpaired) electrons. The first-order valence-electron chi connectivity index (χ1n) is 4.88. The first kappa shape index (κ1) is 12.9. The summed E-state index contributed by atoms with van der Waals surface area (Å²) in [6.45, 7) is 1.92. The number of nitrogens with one attached hydrogen (secondary N) is 1. The van der Waals surface area contributed by atoms with Crippen LogP contribution in [0, 0.1) is 9.81 Å². The van der Waals surface area contributed by atoms with Crippen LogP contribution in [0.1, 0.15) is 15.9 Å². The van der Waals surface area contributed by atoms with Crippen LogP contribution in [-0.2, 0) is 0 Å². The van der Waals surface area contributed by atoms with Crippen LogP contribution in [0.4, 0.5) is 5.69 Å². The Kier molecular flexibility index (Phi) is 4.06. The Morgan fingerprint density at radius 3 is 2.82 bits per heavy atom. The van der Waals surface area contributed by atoms with E-state index >= 15 is 0 Å². The van der Waals surface area contributed by atoms with Crippen LogP contribution in [0.2, 0.25) is 5.02 Å². The van der Waals surface area contributed by atoms with Crippen LogP contribution >= 0.6 is 45.5 Å². The van der Waals surface area contributed by atoms with Gasteiger partial charge in [-0.15, -0.1) is 11.3 Å². The van der Waals surface area contributed by atoms with Crippen LogP contribution in [-0.4, -0.2) is 5.91 Å². The van der Waals surface area contributed by atoms with Crippen LogP contribution in [0.5, 0.6) is 0 Å². The third-order valence-corrected chi connectivity index (χ3v) is 4.39. The first-order chi connectivity index (χ1) is 8.08. The molecule has 17 heavy (non-hydrogen) atoms. The minimum absolute atomic E-state index is 0.125. The molecule has 0 aliphatic carbocycles. The molecule has 0 saturated carbocycles. The predicted octanol–water partition coefficient (Wildman–Crippen LogP) is 4.57. The summed E-state index contributed by atoms with van der Waals surface area (Å²) in [6, 6.07) is 7.40. The second-order valence-corrected chi connectivity index (χ2v) is 6.74. The van der Waals surface area contributed by atoms with Gasteiger partial charge in [-0.2, -0.15) is 0 Å². The lowest BCUT2D eigenvalue weighted by Crippen LogP contribution is -2.12. The summed E-state index contributed by atoms with van der Waals surface area (Å²) >= 11 is 9.79. The molecule has 5 heteroatoms. The normalized spacial score (nSPS) is 10.3. The molecule has 0 spiro atoms. The molecule has 2 nitrogen and oxygen atoms in total. The molecule has 1 heterocycles. The van der Waals surface area contributed by atoms with Crippen molar-refractivity contribution in [1.29, 1.82) is 0 Å². The zero-order valence-electron chi connectivity index (χ0n) is 8.96. The van der Waals surface area contributed by atoms with E-state index in [1.807, 2.05) is 30.5 Å². The number of carbonyl (C=O) groups is 1. The molecule has 2 aromatic rings. The van der Waals surface area contributed by atoms with E-state index in [0.717, 1.165) is 8.45 Å². The number of amides is 1. The molecule has 0 aliphatic heterocycles. The highest BCUT2D eigenvalue weighted by atomic mass is 127. The van der Waals surface area contributed by atoms with Gasteiger partial charge in [-0.3, -0.25) is 4.79 Å². The second kappa shape index (κ2) is 5.37. The van der Waals surface area contributed by atoms with E-state index in [4.69, 9.17) is 11.6 Å². The van der Waals surface area contributed by atoms with Crippen molar-refractivity contribution in [3.05, 3.63) is 48.7 Å². The van der Waals surface area contributed by atoms with Gasteiger partial charge in [0, 0.05) is 5.38 Å².